The van der Waals surface area contributed by atoms with Gasteiger partial charge in [0, 0.05) is 5.39 Å². The molecule has 2 N–H and O–H groups in total. The molecular weight excluding hydrogens is 164 g/mol. The average Bonchev–Trinajstić information content (AvgIpc) is 2.62. The van der Waals surface area contributed by atoms with Crippen LogP contribution in [-0.4, -0.2) is 21.9 Å². The van der Waals surface area contributed by atoms with Crippen LogP contribution >= 0.6 is 0 Å². The van der Waals surface area contributed by atoms with Crippen LogP contribution in [0.1, 0.15) is 5.56 Å². The summed E-state index contributed by atoms with van der Waals surface area (Å²) in [4.78, 5) is 0. The number of hydrogen-bond donors (Lipinski definition) is 2. The monoisotopic (exact) mass is 174 g/mol. The predicted molar refractivity (Wildman–Crippen MR) is 52.2 cm³/mol. The van der Waals surface area contributed by atoms with Crippen LogP contribution in [0.2, 0.25) is 0 Å². The van der Waals surface area contributed by atoms with E-state index in [1.807, 2.05) is 24.3 Å². The van der Waals surface area contributed by atoms with Crippen molar-refractivity contribution in [2.75, 3.05) is 6.61 Å². The molecule has 0 fully saturated rings. The van der Waals surface area contributed by atoms with Gasteiger partial charge in [0.05, 0.1) is 18.3 Å². The van der Waals surface area contributed by atoms with Crippen molar-refractivity contribution in [3.63, 3.8) is 0 Å². The molecule has 2 rings (SSSR count). The number of benzene rings is 1. The van der Waals surface area contributed by atoms with E-state index in [-0.39, 0.29) is 6.61 Å². The number of H-pyrrole nitrogens is 1. The molecule has 3 nitrogen and oxygen atoms in total. The molecule has 0 aliphatic carbocycles. The number of hydrogen-bond acceptors (Lipinski definition) is 2. The van der Waals surface area contributed by atoms with Crippen LogP contribution in [0.15, 0.2) is 30.5 Å². The van der Waals surface area contributed by atoms with Crippen molar-refractivity contribution in [2.24, 2.45) is 0 Å². The zero-order chi connectivity index (χ0) is 9.10. The lowest BCUT2D eigenvalue weighted by Crippen LogP contribution is -1.77. The van der Waals surface area contributed by atoms with Gasteiger partial charge in [-0.3, -0.25) is 5.10 Å². The van der Waals surface area contributed by atoms with Gasteiger partial charge in [0.1, 0.15) is 0 Å². The van der Waals surface area contributed by atoms with Crippen molar-refractivity contribution in [1.82, 2.24) is 10.2 Å². The summed E-state index contributed by atoms with van der Waals surface area (Å²) in [5, 5.41) is 16.6. The van der Waals surface area contributed by atoms with E-state index in [1.54, 1.807) is 12.3 Å². The maximum atomic E-state index is 8.64. The molecular formula is C10H10N2O. The van der Waals surface area contributed by atoms with Gasteiger partial charge < -0.3 is 5.11 Å². The Morgan fingerprint density at radius 2 is 2.38 bits per heavy atom. The second-order valence-corrected chi connectivity index (χ2v) is 2.77. The van der Waals surface area contributed by atoms with Gasteiger partial charge in [-0.1, -0.05) is 30.4 Å². The number of nitrogens with zero attached hydrogens (tertiary/aromatic N) is 1. The van der Waals surface area contributed by atoms with Crippen LogP contribution in [0.3, 0.4) is 0 Å². The Hall–Kier alpha value is -1.61. The van der Waals surface area contributed by atoms with Gasteiger partial charge in [0.2, 0.25) is 0 Å². The molecule has 0 saturated heterocycles. The minimum absolute atomic E-state index is 0.0600. The van der Waals surface area contributed by atoms with Crippen LogP contribution in [0.4, 0.5) is 0 Å². The second kappa shape index (κ2) is 3.41. The molecule has 0 aliphatic rings. The van der Waals surface area contributed by atoms with Crippen molar-refractivity contribution >= 4 is 17.0 Å². The molecule has 0 saturated carbocycles. The normalized spacial score (nSPS) is 11.5. The Labute approximate surface area is 75.7 Å². The van der Waals surface area contributed by atoms with E-state index >= 15 is 0 Å². The number of rotatable bonds is 2. The fourth-order valence-corrected chi connectivity index (χ4v) is 1.31. The Morgan fingerprint density at radius 1 is 1.46 bits per heavy atom. The third-order valence-electron chi connectivity index (χ3n) is 1.91. The number of aromatic amines is 1. The van der Waals surface area contributed by atoms with Crippen molar-refractivity contribution in [3.8, 4) is 0 Å². The molecule has 1 heterocycles. The van der Waals surface area contributed by atoms with E-state index in [0.717, 1.165) is 16.5 Å². The maximum Gasteiger partial charge on any atom is 0.0722 e. The van der Waals surface area contributed by atoms with Crippen molar-refractivity contribution in [3.05, 3.63) is 36.0 Å². The average molecular weight is 174 g/mol. The molecule has 0 radical (unpaired) electrons. The zero-order valence-electron chi connectivity index (χ0n) is 7.07. The Kier molecular flexibility index (Phi) is 2.10. The molecule has 2 aromatic rings. The summed E-state index contributed by atoms with van der Waals surface area (Å²) in [6.45, 7) is 0.0600. The van der Waals surface area contributed by atoms with Crippen LogP contribution in [0.25, 0.3) is 17.0 Å². The first-order valence-electron chi connectivity index (χ1n) is 4.11. The molecule has 0 unspecified atom stereocenters. The predicted octanol–water partition coefficient (Wildman–Crippen LogP) is 1.57. The van der Waals surface area contributed by atoms with E-state index in [4.69, 9.17) is 5.11 Å². The van der Waals surface area contributed by atoms with Gasteiger partial charge in [0.25, 0.3) is 0 Å². The third-order valence-corrected chi connectivity index (χ3v) is 1.91. The Bertz CT molecular complexity index is 431. The summed E-state index contributed by atoms with van der Waals surface area (Å²) in [7, 11) is 0. The molecule has 1 aromatic carbocycles. The number of aliphatic hydroxyl groups is 1. The highest BCUT2D eigenvalue weighted by molar-refractivity contribution is 5.86. The SMILES string of the molecule is OC/C=C/c1cccc2cn[nH]c12. The molecule has 1 aromatic heterocycles. The van der Waals surface area contributed by atoms with Crippen LogP contribution < -0.4 is 0 Å². The summed E-state index contributed by atoms with van der Waals surface area (Å²) in [6, 6.07) is 5.94. The fourth-order valence-electron chi connectivity index (χ4n) is 1.31. The number of aromatic nitrogens is 2. The van der Waals surface area contributed by atoms with Crippen LogP contribution in [0.5, 0.6) is 0 Å². The molecule has 0 spiro atoms. The van der Waals surface area contributed by atoms with E-state index < -0.39 is 0 Å². The van der Waals surface area contributed by atoms with Crippen LogP contribution in [0, 0.1) is 0 Å². The summed E-state index contributed by atoms with van der Waals surface area (Å²) in [5.41, 5.74) is 2.05. The summed E-state index contributed by atoms with van der Waals surface area (Å²) < 4.78 is 0. The first-order chi connectivity index (χ1) is 6.42. The third kappa shape index (κ3) is 1.46. The lowest BCUT2D eigenvalue weighted by molar-refractivity contribution is 0.343. The van der Waals surface area contributed by atoms with Gasteiger partial charge in [-0.2, -0.15) is 5.10 Å². The smallest absolute Gasteiger partial charge is 0.0722 e. The molecule has 3 heteroatoms. The van der Waals surface area contributed by atoms with E-state index in [0.29, 0.717) is 0 Å². The largest absolute Gasteiger partial charge is 0.392 e. The summed E-state index contributed by atoms with van der Waals surface area (Å²) >= 11 is 0. The molecule has 0 amide bonds. The Balaban J connectivity index is 2.54. The van der Waals surface area contributed by atoms with Gasteiger partial charge in [-0.05, 0) is 5.56 Å². The number of para-hydroxylation sites is 1. The fraction of sp³-hybridized carbons (Fsp3) is 0.100. The highest BCUT2D eigenvalue weighted by Crippen LogP contribution is 2.16. The van der Waals surface area contributed by atoms with Crippen molar-refractivity contribution in [1.29, 1.82) is 0 Å². The van der Waals surface area contributed by atoms with Gasteiger partial charge in [-0.25, -0.2) is 0 Å². The van der Waals surface area contributed by atoms with E-state index in [2.05, 4.69) is 10.2 Å². The van der Waals surface area contributed by atoms with E-state index in [9.17, 15) is 0 Å². The topological polar surface area (TPSA) is 48.9 Å². The first-order valence-corrected chi connectivity index (χ1v) is 4.11. The molecule has 66 valence electrons. The lowest BCUT2D eigenvalue weighted by Gasteiger charge is -1.94. The number of aliphatic hydroxyl groups excluding tert-OH is 1. The summed E-state index contributed by atoms with van der Waals surface area (Å²) in [6.07, 6.45) is 5.36. The molecule has 0 bridgehead atoms. The van der Waals surface area contributed by atoms with Gasteiger partial charge in [0.15, 0.2) is 0 Å². The van der Waals surface area contributed by atoms with Crippen molar-refractivity contribution in [2.45, 2.75) is 0 Å². The lowest BCUT2D eigenvalue weighted by atomic mass is 10.1. The second-order valence-electron chi connectivity index (χ2n) is 2.77. The quantitative estimate of drug-likeness (QED) is 0.726. The molecule has 13 heavy (non-hydrogen) atoms. The highest BCUT2D eigenvalue weighted by atomic mass is 16.2. The number of nitrogens with one attached hydrogen (secondary N) is 1. The minimum atomic E-state index is 0.0600. The molecule has 0 aliphatic heterocycles. The van der Waals surface area contributed by atoms with Gasteiger partial charge >= 0.3 is 0 Å². The standard InChI is InChI=1S/C10H10N2O/c13-6-2-5-8-3-1-4-9-7-11-12-10(8)9/h1-5,7,13H,6H2,(H,11,12)/b5-2+. The van der Waals surface area contributed by atoms with E-state index in [1.165, 1.54) is 0 Å². The first kappa shape index (κ1) is 8.01. The number of fused-ring (bicyclic) bond motifs is 1. The minimum Gasteiger partial charge on any atom is -0.392 e. The van der Waals surface area contributed by atoms with Gasteiger partial charge in [-0.15, -0.1) is 0 Å². The van der Waals surface area contributed by atoms with Crippen LogP contribution in [-0.2, 0) is 0 Å². The molecule has 0 atom stereocenters. The Morgan fingerprint density at radius 3 is 3.23 bits per heavy atom. The zero-order valence-corrected chi connectivity index (χ0v) is 7.07. The van der Waals surface area contributed by atoms with Crippen molar-refractivity contribution < 1.29 is 5.11 Å². The highest BCUT2D eigenvalue weighted by Gasteiger charge is 1.97. The maximum absolute atomic E-state index is 8.64. The summed E-state index contributed by atoms with van der Waals surface area (Å²) in [5.74, 6) is 0.